The molecule has 1 aromatic heterocycles. The molecule has 0 unspecified atom stereocenters. The lowest BCUT2D eigenvalue weighted by Crippen LogP contribution is -2.34. The van der Waals surface area contributed by atoms with E-state index in [2.05, 4.69) is 20.9 Å². The van der Waals surface area contributed by atoms with E-state index in [9.17, 15) is 5.21 Å². The fraction of sp³-hybridized carbons (Fsp3) is 0.417. The Kier molecular flexibility index (Phi) is 4.15. The van der Waals surface area contributed by atoms with Crippen LogP contribution < -0.4 is 5.06 Å². The average molecular weight is 299 g/mol. The molecule has 5 heteroatoms. The molecular formula is C12H15BrN2O2. The molecule has 17 heavy (non-hydrogen) atoms. The van der Waals surface area contributed by atoms with Gasteiger partial charge in [-0.1, -0.05) is 12.2 Å². The summed E-state index contributed by atoms with van der Waals surface area (Å²) in [6, 6.07) is 3.60. The Balaban J connectivity index is 2.06. The largest absolute Gasteiger partial charge is 0.377 e. The van der Waals surface area contributed by atoms with Gasteiger partial charge in [0.2, 0.25) is 0 Å². The molecule has 0 saturated heterocycles. The van der Waals surface area contributed by atoms with E-state index in [4.69, 9.17) is 4.74 Å². The molecule has 92 valence electrons. The monoisotopic (exact) mass is 298 g/mol. The van der Waals surface area contributed by atoms with Crippen LogP contribution in [0.2, 0.25) is 0 Å². The zero-order chi connectivity index (χ0) is 12.3. The number of hydrogen-bond acceptors (Lipinski definition) is 4. The number of halogens is 1. The van der Waals surface area contributed by atoms with Crippen molar-refractivity contribution in [3.05, 3.63) is 35.0 Å². The van der Waals surface area contributed by atoms with Crippen LogP contribution in [0.5, 0.6) is 0 Å². The first kappa shape index (κ1) is 12.5. The van der Waals surface area contributed by atoms with E-state index in [1.165, 1.54) is 5.06 Å². The fourth-order valence-electron chi connectivity index (χ4n) is 1.85. The molecule has 0 fully saturated rings. The van der Waals surface area contributed by atoms with Crippen LogP contribution in [0.1, 0.15) is 12.8 Å². The Morgan fingerprint density at radius 2 is 2.24 bits per heavy atom. The van der Waals surface area contributed by atoms with E-state index < -0.39 is 0 Å². The minimum absolute atomic E-state index is 0.0323. The highest BCUT2D eigenvalue weighted by Gasteiger charge is 2.21. The van der Waals surface area contributed by atoms with E-state index in [1.807, 2.05) is 18.2 Å². The van der Waals surface area contributed by atoms with Gasteiger partial charge in [0.1, 0.15) is 0 Å². The van der Waals surface area contributed by atoms with Crippen LogP contribution in [0.25, 0.3) is 0 Å². The lowest BCUT2D eigenvalue weighted by molar-refractivity contribution is 0.118. The second kappa shape index (κ2) is 5.62. The molecule has 1 aliphatic carbocycles. The highest BCUT2D eigenvalue weighted by Crippen LogP contribution is 2.22. The maximum atomic E-state index is 10.1. The second-order valence-electron chi connectivity index (χ2n) is 3.98. The summed E-state index contributed by atoms with van der Waals surface area (Å²) >= 11 is 3.31. The Bertz CT molecular complexity index is 394. The molecule has 1 N–H and O–H groups in total. The van der Waals surface area contributed by atoms with E-state index >= 15 is 0 Å². The first-order valence-corrected chi connectivity index (χ1v) is 6.31. The maximum Gasteiger partial charge on any atom is 0.152 e. The van der Waals surface area contributed by atoms with Crippen molar-refractivity contribution < 1.29 is 9.94 Å². The number of hydrogen-bond donors (Lipinski definition) is 1. The zero-order valence-electron chi connectivity index (χ0n) is 9.58. The van der Waals surface area contributed by atoms with Gasteiger partial charge in [-0.25, -0.2) is 10.0 Å². The van der Waals surface area contributed by atoms with Crippen molar-refractivity contribution in [3.63, 3.8) is 0 Å². The maximum absolute atomic E-state index is 10.1. The van der Waals surface area contributed by atoms with E-state index in [1.54, 1.807) is 19.4 Å². The Hall–Kier alpha value is -0.910. The number of ether oxygens (including phenoxy) is 1. The van der Waals surface area contributed by atoms with Crippen LogP contribution >= 0.6 is 15.9 Å². The summed E-state index contributed by atoms with van der Waals surface area (Å²) in [5, 5.41) is 11.3. The summed E-state index contributed by atoms with van der Waals surface area (Å²) in [4.78, 5) is 4.16. The van der Waals surface area contributed by atoms with Crippen molar-refractivity contribution in [2.45, 2.75) is 25.0 Å². The van der Waals surface area contributed by atoms with Gasteiger partial charge >= 0.3 is 0 Å². The van der Waals surface area contributed by atoms with Gasteiger partial charge in [0.05, 0.1) is 12.1 Å². The minimum Gasteiger partial charge on any atom is -0.377 e. The Morgan fingerprint density at radius 1 is 1.41 bits per heavy atom. The first-order chi connectivity index (χ1) is 8.20. The van der Waals surface area contributed by atoms with Gasteiger partial charge in [-0.2, -0.15) is 0 Å². The molecule has 0 aromatic carbocycles. The molecular weight excluding hydrogens is 284 g/mol. The summed E-state index contributed by atoms with van der Waals surface area (Å²) in [7, 11) is 1.70. The van der Waals surface area contributed by atoms with Crippen molar-refractivity contribution in [3.8, 4) is 0 Å². The van der Waals surface area contributed by atoms with Gasteiger partial charge in [-0.3, -0.25) is 5.21 Å². The third-order valence-electron chi connectivity index (χ3n) is 2.86. The topological polar surface area (TPSA) is 45.6 Å². The molecule has 0 amide bonds. The number of pyridine rings is 1. The van der Waals surface area contributed by atoms with E-state index in [0.717, 1.165) is 17.3 Å². The summed E-state index contributed by atoms with van der Waals surface area (Å²) in [6.07, 6.45) is 7.53. The predicted molar refractivity (Wildman–Crippen MR) is 69.2 cm³/mol. The van der Waals surface area contributed by atoms with Crippen molar-refractivity contribution in [1.82, 2.24) is 4.98 Å². The van der Waals surface area contributed by atoms with Gasteiger partial charge in [-0.15, -0.1) is 0 Å². The molecule has 1 aromatic rings. The van der Waals surface area contributed by atoms with Crippen LogP contribution in [0.3, 0.4) is 0 Å². The molecule has 0 bridgehead atoms. The third kappa shape index (κ3) is 3.06. The van der Waals surface area contributed by atoms with Crippen molar-refractivity contribution in [2.24, 2.45) is 0 Å². The quantitative estimate of drug-likeness (QED) is 0.688. The average Bonchev–Trinajstić information content (AvgIpc) is 2.39. The first-order valence-electron chi connectivity index (χ1n) is 5.51. The standard InChI is InChI=1S/C12H15BrN2O2/c1-17-11-5-3-10(4-6-11)15(16)12-7-2-9(13)8-14-12/h2-3,5,7-8,10-11,16H,4,6H2,1H3/t10-,11-/m1/s1. The molecule has 0 radical (unpaired) electrons. The number of rotatable bonds is 3. The normalized spacial score (nSPS) is 23.7. The molecule has 0 saturated carbocycles. The summed E-state index contributed by atoms with van der Waals surface area (Å²) in [5.74, 6) is 0.554. The van der Waals surface area contributed by atoms with Crippen molar-refractivity contribution in [1.29, 1.82) is 0 Å². The predicted octanol–water partition coefficient (Wildman–Crippen LogP) is 2.77. The van der Waals surface area contributed by atoms with E-state index in [0.29, 0.717) is 5.82 Å². The van der Waals surface area contributed by atoms with Gasteiger partial charge < -0.3 is 4.74 Å². The summed E-state index contributed by atoms with van der Waals surface area (Å²) in [5.41, 5.74) is 0. The smallest absolute Gasteiger partial charge is 0.152 e. The van der Waals surface area contributed by atoms with Crippen LogP contribution in [0.15, 0.2) is 35.0 Å². The zero-order valence-corrected chi connectivity index (χ0v) is 11.2. The molecule has 4 nitrogen and oxygen atoms in total. The SMILES string of the molecule is CO[C@@H]1C=C[C@@H](N(O)c2ccc(Br)cn2)CC1. The lowest BCUT2D eigenvalue weighted by atomic mass is 10.0. The number of aromatic nitrogens is 1. The molecule has 2 rings (SSSR count). The second-order valence-corrected chi connectivity index (χ2v) is 4.90. The lowest BCUT2D eigenvalue weighted by Gasteiger charge is -2.28. The molecule has 1 heterocycles. The van der Waals surface area contributed by atoms with Gasteiger partial charge in [0.15, 0.2) is 5.82 Å². The third-order valence-corrected chi connectivity index (χ3v) is 3.33. The number of anilines is 1. The van der Waals surface area contributed by atoms with Crippen LogP contribution in [-0.4, -0.2) is 29.4 Å². The van der Waals surface area contributed by atoms with Gasteiger partial charge in [-0.05, 0) is 40.9 Å². The molecule has 1 aliphatic rings. The van der Waals surface area contributed by atoms with Crippen LogP contribution in [0.4, 0.5) is 5.82 Å². The highest BCUT2D eigenvalue weighted by atomic mass is 79.9. The van der Waals surface area contributed by atoms with Gasteiger partial charge in [0, 0.05) is 17.8 Å². The molecule has 2 atom stereocenters. The molecule has 0 aliphatic heterocycles. The summed E-state index contributed by atoms with van der Waals surface area (Å²) in [6.45, 7) is 0. The van der Waals surface area contributed by atoms with Crippen molar-refractivity contribution in [2.75, 3.05) is 12.2 Å². The van der Waals surface area contributed by atoms with Gasteiger partial charge in [0.25, 0.3) is 0 Å². The summed E-state index contributed by atoms with van der Waals surface area (Å²) < 4.78 is 6.13. The van der Waals surface area contributed by atoms with Crippen LogP contribution in [0, 0.1) is 0 Å². The van der Waals surface area contributed by atoms with E-state index in [-0.39, 0.29) is 12.1 Å². The highest BCUT2D eigenvalue weighted by molar-refractivity contribution is 9.10. The number of hydroxylamine groups is 1. The Morgan fingerprint density at radius 3 is 2.76 bits per heavy atom. The molecule has 0 spiro atoms. The van der Waals surface area contributed by atoms with Crippen molar-refractivity contribution >= 4 is 21.7 Å². The number of nitrogens with zero attached hydrogens (tertiary/aromatic N) is 2. The number of methoxy groups -OCH3 is 1. The fourth-order valence-corrected chi connectivity index (χ4v) is 2.09. The Labute approximate surface area is 109 Å². The minimum atomic E-state index is -0.0323. The van der Waals surface area contributed by atoms with Crippen LogP contribution in [-0.2, 0) is 4.74 Å².